The molecule has 0 amide bonds. The first kappa shape index (κ1) is 9.26. The van der Waals surface area contributed by atoms with Crippen molar-refractivity contribution in [2.24, 2.45) is 0 Å². The SMILES string of the molecule is CCC(C)c1cnc(CNC)o1. The maximum absolute atomic E-state index is 5.50. The first-order valence-corrected chi connectivity index (χ1v) is 4.37. The van der Waals surface area contributed by atoms with E-state index in [9.17, 15) is 0 Å². The van der Waals surface area contributed by atoms with Gasteiger partial charge in [0.1, 0.15) is 5.76 Å². The molecule has 1 aromatic rings. The number of aromatic nitrogens is 1. The van der Waals surface area contributed by atoms with Crippen LogP contribution in [0.15, 0.2) is 10.6 Å². The van der Waals surface area contributed by atoms with E-state index in [-0.39, 0.29) is 0 Å². The lowest BCUT2D eigenvalue weighted by Gasteiger charge is -2.01. The van der Waals surface area contributed by atoms with E-state index in [4.69, 9.17) is 4.42 Å². The van der Waals surface area contributed by atoms with Gasteiger partial charge < -0.3 is 9.73 Å². The van der Waals surface area contributed by atoms with Crippen LogP contribution in [0.2, 0.25) is 0 Å². The van der Waals surface area contributed by atoms with Crippen molar-refractivity contribution >= 4 is 0 Å². The Labute approximate surface area is 73.2 Å². The van der Waals surface area contributed by atoms with Crippen LogP contribution in [0.25, 0.3) is 0 Å². The molecule has 12 heavy (non-hydrogen) atoms. The number of oxazole rings is 1. The summed E-state index contributed by atoms with van der Waals surface area (Å²) in [5, 5.41) is 3.00. The van der Waals surface area contributed by atoms with Crippen LogP contribution in [0, 0.1) is 0 Å². The topological polar surface area (TPSA) is 38.1 Å². The molecule has 1 rings (SSSR count). The highest BCUT2D eigenvalue weighted by molar-refractivity contribution is 4.99. The first-order chi connectivity index (χ1) is 5.77. The van der Waals surface area contributed by atoms with Crippen molar-refractivity contribution in [2.75, 3.05) is 7.05 Å². The van der Waals surface area contributed by atoms with E-state index in [1.54, 1.807) is 0 Å². The summed E-state index contributed by atoms with van der Waals surface area (Å²) >= 11 is 0. The summed E-state index contributed by atoms with van der Waals surface area (Å²) < 4.78 is 5.50. The molecule has 0 radical (unpaired) electrons. The van der Waals surface area contributed by atoms with E-state index < -0.39 is 0 Å². The summed E-state index contributed by atoms with van der Waals surface area (Å²) in [6.45, 7) is 4.99. The minimum atomic E-state index is 0.475. The molecule has 0 bridgehead atoms. The quantitative estimate of drug-likeness (QED) is 0.746. The van der Waals surface area contributed by atoms with Crippen molar-refractivity contribution in [3.05, 3.63) is 17.8 Å². The van der Waals surface area contributed by atoms with Gasteiger partial charge in [0.2, 0.25) is 5.89 Å². The predicted molar refractivity (Wildman–Crippen MR) is 48.0 cm³/mol. The lowest BCUT2D eigenvalue weighted by atomic mass is 10.1. The second-order valence-electron chi connectivity index (χ2n) is 3.00. The third-order valence-electron chi connectivity index (χ3n) is 2.00. The molecule has 3 nitrogen and oxygen atoms in total. The van der Waals surface area contributed by atoms with Crippen molar-refractivity contribution in [1.29, 1.82) is 0 Å². The molecule has 3 heteroatoms. The average Bonchev–Trinajstić information content (AvgIpc) is 2.52. The normalized spacial score (nSPS) is 13.2. The number of rotatable bonds is 4. The molecule has 0 saturated carbocycles. The highest BCUT2D eigenvalue weighted by atomic mass is 16.4. The Morgan fingerprint density at radius 1 is 1.67 bits per heavy atom. The predicted octanol–water partition coefficient (Wildman–Crippen LogP) is 1.91. The highest BCUT2D eigenvalue weighted by Crippen LogP contribution is 2.18. The lowest BCUT2D eigenvalue weighted by Crippen LogP contribution is -2.04. The zero-order valence-electron chi connectivity index (χ0n) is 7.92. The van der Waals surface area contributed by atoms with E-state index in [0.29, 0.717) is 12.5 Å². The van der Waals surface area contributed by atoms with E-state index in [0.717, 1.165) is 18.1 Å². The van der Waals surface area contributed by atoms with Gasteiger partial charge in [-0.3, -0.25) is 0 Å². The number of hydrogen-bond donors (Lipinski definition) is 1. The van der Waals surface area contributed by atoms with Gasteiger partial charge in [-0.2, -0.15) is 0 Å². The molecular formula is C9H16N2O. The van der Waals surface area contributed by atoms with Crippen molar-refractivity contribution in [1.82, 2.24) is 10.3 Å². The fraction of sp³-hybridized carbons (Fsp3) is 0.667. The van der Waals surface area contributed by atoms with Gasteiger partial charge in [-0.1, -0.05) is 13.8 Å². The van der Waals surface area contributed by atoms with Gasteiger partial charge in [-0.05, 0) is 13.5 Å². The van der Waals surface area contributed by atoms with E-state index in [1.807, 2.05) is 13.2 Å². The largest absolute Gasteiger partial charge is 0.444 e. The van der Waals surface area contributed by atoms with E-state index in [2.05, 4.69) is 24.1 Å². The number of nitrogens with one attached hydrogen (secondary N) is 1. The highest BCUT2D eigenvalue weighted by Gasteiger charge is 2.08. The molecule has 1 N–H and O–H groups in total. The molecule has 0 aliphatic heterocycles. The molecule has 1 atom stereocenters. The molecule has 0 saturated heterocycles. The molecule has 0 fully saturated rings. The van der Waals surface area contributed by atoms with Gasteiger partial charge in [0, 0.05) is 5.92 Å². The zero-order valence-corrected chi connectivity index (χ0v) is 7.92. The van der Waals surface area contributed by atoms with Crippen molar-refractivity contribution in [3.8, 4) is 0 Å². The monoisotopic (exact) mass is 168 g/mol. The van der Waals surface area contributed by atoms with Gasteiger partial charge in [-0.15, -0.1) is 0 Å². The van der Waals surface area contributed by atoms with Crippen LogP contribution in [-0.4, -0.2) is 12.0 Å². The minimum absolute atomic E-state index is 0.475. The van der Waals surface area contributed by atoms with Crippen LogP contribution in [-0.2, 0) is 6.54 Å². The van der Waals surface area contributed by atoms with Crippen LogP contribution in [0.1, 0.15) is 37.8 Å². The van der Waals surface area contributed by atoms with Crippen LogP contribution >= 0.6 is 0 Å². The van der Waals surface area contributed by atoms with E-state index in [1.165, 1.54) is 0 Å². The first-order valence-electron chi connectivity index (χ1n) is 4.37. The number of nitrogens with zero attached hydrogens (tertiary/aromatic N) is 1. The Kier molecular flexibility index (Phi) is 3.29. The zero-order chi connectivity index (χ0) is 8.97. The van der Waals surface area contributed by atoms with Gasteiger partial charge in [0.05, 0.1) is 12.7 Å². The van der Waals surface area contributed by atoms with Gasteiger partial charge in [-0.25, -0.2) is 4.98 Å². The summed E-state index contributed by atoms with van der Waals surface area (Å²) in [4.78, 5) is 4.15. The van der Waals surface area contributed by atoms with Gasteiger partial charge in [0.25, 0.3) is 0 Å². The summed E-state index contributed by atoms with van der Waals surface area (Å²) in [6.07, 6.45) is 2.91. The summed E-state index contributed by atoms with van der Waals surface area (Å²) in [5.74, 6) is 2.23. The second-order valence-corrected chi connectivity index (χ2v) is 3.00. The van der Waals surface area contributed by atoms with Crippen LogP contribution in [0.5, 0.6) is 0 Å². The lowest BCUT2D eigenvalue weighted by molar-refractivity contribution is 0.419. The third-order valence-corrected chi connectivity index (χ3v) is 2.00. The Morgan fingerprint density at radius 2 is 2.42 bits per heavy atom. The summed E-state index contributed by atoms with van der Waals surface area (Å²) in [5.41, 5.74) is 0. The Bertz CT molecular complexity index is 232. The van der Waals surface area contributed by atoms with E-state index >= 15 is 0 Å². The smallest absolute Gasteiger partial charge is 0.208 e. The molecule has 0 aliphatic rings. The maximum Gasteiger partial charge on any atom is 0.208 e. The molecule has 1 unspecified atom stereocenters. The maximum atomic E-state index is 5.50. The Morgan fingerprint density at radius 3 is 3.00 bits per heavy atom. The number of hydrogen-bond acceptors (Lipinski definition) is 3. The summed E-state index contributed by atoms with van der Waals surface area (Å²) in [7, 11) is 1.88. The molecule has 68 valence electrons. The molecule has 0 spiro atoms. The fourth-order valence-corrected chi connectivity index (χ4v) is 0.986. The van der Waals surface area contributed by atoms with Gasteiger partial charge in [0.15, 0.2) is 0 Å². The Balaban J connectivity index is 2.63. The second kappa shape index (κ2) is 4.26. The molecular weight excluding hydrogens is 152 g/mol. The summed E-state index contributed by atoms with van der Waals surface area (Å²) in [6, 6.07) is 0. The van der Waals surface area contributed by atoms with Crippen molar-refractivity contribution in [2.45, 2.75) is 32.7 Å². The molecule has 1 heterocycles. The average molecular weight is 168 g/mol. The van der Waals surface area contributed by atoms with Crippen molar-refractivity contribution in [3.63, 3.8) is 0 Å². The Hall–Kier alpha value is -0.830. The third kappa shape index (κ3) is 2.08. The molecule has 0 aromatic carbocycles. The standard InChI is InChI=1S/C9H16N2O/c1-4-7(2)8-5-11-9(12-8)6-10-3/h5,7,10H,4,6H2,1-3H3. The molecule has 0 aliphatic carbocycles. The van der Waals surface area contributed by atoms with Crippen molar-refractivity contribution < 1.29 is 4.42 Å². The van der Waals surface area contributed by atoms with Crippen LogP contribution in [0.3, 0.4) is 0 Å². The molecule has 1 aromatic heterocycles. The van der Waals surface area contributed by atoms with Gasteiger partial charge >= 0.3 is 0 Å². The fourth-order valence-electron chi connectivity index (χ4n) is 0.986. The minimum Gasteiger partial charge on any atom is -0.444 e. The van der Waals surface area contributed by atoms with Crippen LogP contribution in [0.4, 0.5) is 0 Å². The van der Waals surface area contributed by atoms with Crippen LogP contribution < -0.4 is 5.32 Å².